The quantitative estimate of drug-likeness (QED) is 0.361. The molecule has 4 aromatic carbocycles. The van der Waals surface area contributed by atoms with Crippen molar-refractivity contribution in [3.05, 3.63) is 109 Å². The fourth-order valence-corrected chi connectivity index (χ4v) is 4.97. The van der Waals surface area contributed by atoms with E-state index in [1.807, 2.05) is 48.8 Å². The summed E-state index contributed by atoms with van der Waals surface area (Å²) in [5, 5.41) is 0. The molecule has 0 spiro atoms. The van der Waals surface area contributed by atoms with E-state index in [1.165, 1.54) is 11.1 Å². The minimum absolute atomic E-state index is 0.0362. The number of rotatable bonds is 2. The maximum Gasteiger partial charge on any atom is 0.260 e. The van der Waals surface area contributed by atoms with Crippen molar-refractivity contribution in [2.24, 2.45) is 0 Å². The van der Waals surface area contributed by atoms with Crippen LogP contribution in [0.2, 0.25) is 0 Å². The van der Waals surface area contributed by atoms with Gasteiger partial charge in [0.25, 0.3) is 6.71 Å². The van der Waals surface area contributed by atoms with Crippen LogP contribution in [0.3, 0.4) is 0 Å². The highest BCUT2D eigenvalue weighted by molar-refractivity contribution is 6.98. The number of ether oxygens (including phenoxy) is 2. The summed E-state index contributed by atoms with van der Waals surface area (Å²) >= 11 is 0. The molecular weight excluding hydrogens is 405 g/mol. The fourth-order valence-electron chi connectivity index (χ4n) is 4.97. The zero-order chi connectivity index (χ0) is 21.8. The highest BCUT2D eigenvalue weighted by Crippen LogP contribution is 2.36. The maximum absolute atomic E-state index is 6.36. The average Bonchev–Trinajstić information content (AvgIpc) is 2.89. The predicted molar refractivity (Wildman–Crippen MR) is 133 cm³/mol. The van der Waals surface area contributed by atoms with E-state index in [2.05, 4.69) is 65.6 Å². The Bertz CT molecular complexity index is 1400. The van der Waals surface area contributed by atoms with Crippen LogP contribution >= 0.6 is 0 Å². The third-order valence-electron chi connectivity index (χ3n) is 6.52. The lowest BCUT2D eigenvalue weighted by Crippen LogP contribution is -2.57. The maximum atomic E-state index is 6.36. The molecule has 0 aliphatic carbocycles. The van der Waals surface area contributed by atoms with Crippen LogP contribution in [0.1, 0.15) is 0 Å². The molecular formula is C29H18BNO2. The first-order valence-corrected chi connectivity index (χ1v) is 11.1. The Kier molecular flexibility index (Phi) is 3.94. The molecule has 2 aliphatic rings. The standard InChI is InChI=1S/C29H18BNO2/c1-2-5-19(6-3-1)21-9-11-25-23(17-21)30-24-18-22(20-13-15-31-16-14-20)10-12-26(24)33-28-8-4-7-27(32-25)29(28)30/h1-18H. The molecule has 154 valence electrons. The van der Waals surface area contributed by atoms with Gasteiger partial charge >= 0.3 is 0 Å². The summed E-state index contributed by atoms with van der Waals surface area (Å²) in [6.45, 7) is 0.0362. The van der Waals surface area contributed by atoms with Gasteiger partial charge in [-0.05, 0) is 69.6 Å². The van der Waals surface area contributed by atoms with Gasteiger partial charge in [0, 0.05) is 17.9 Å². The second-order valence-electron chi connectivity index (χ2n) is 8.41. The molecule has 3 nitrogen and oxygen atoms in total. The molecule has 4 heteroatoms. The van der Waals surface area contributed by atoms with Crippen molar-refractivity contribution in [3.63, 3.8) is 0 Å². The van der Waals surface area contributed by atoms with Crippen molar-refractivity contribution in [3.8, 4) is 45.3 Å². The third kappa shape index (κ3) is 2.88. The lowest BCUT2D eigenvalue weighted by atomic mass is 9.34. The van der Waals surface area contributed by atoms with Crippen LogP contribution in [0.25, 0.3) is 22.3 Å². The number of nitrogens with zero attached hydrogens (tertiary/aromatic N) is 1. The summed E-state index contributed by atoms with van der Waals surface area (Å²) in [4.78, 5) is 4.17. The van der Waals surface area contributed by atoms with E-state index in [0.29, 0.717) is 0 Å². The predicted octanol–water partition coefficient (Wildman–Crippen LogP) is 5.14. The van der Waals surface area contributed by atoms with E-state index in [1.54, 1.807) is 0 Å². The van der Waals surface area contributed by atoms with E-state index in [-0.39, 0.29) is 6.71 Å². The van der Waals surface area contributed by atoms with Gasteiger partial charge in [0.15, 0.2) is 0 Å². The van der Waals surface area contributed by atoms with Crippen molar-refractivity contribution in [2.45, 2.75) is 0 Å². The lowest BCUT2D eigenvalue weighted by molar-refractivity contribution is 0.464. The first kappa shape index (κ1) is 18.3. The Morgan fingerprint density at radius 1 is 0.485 bits per heavy atom. The molecule has 1 aromatic heterocycles. The Morgan fingerprint density at radius 2 is 1.06 bits per heavy atom. The Morgan fingerprint density at radius 3 is 1.67 bits per heavy atom. The van der Waals surface area contributed by atoms with Crippen LogP contribution < -0.4 is 25.9 Å². The normalized spacial score (nSPS) is 12.7. The SMILES string of the molecule is c1ccc(-c2ccc3c(c2)B2c4cc(-c5ccncc5)ccc4Oc4cccc(c42)O3)cc1. The Balaban J connectivity index is 1.46. The van der Waals surface area contributed by atoms with E-state index < -0.39 is 0 Å². The van der Waals surface area contributed by atoms with Crippen molar-refractivity contribution in [2.75, 3.05) is 0 Å². The van der Waals surface area contributed by atoms with Gasteiger partial charge in [-0.25, -0.2) is 0 Å². The molecule has 0 atom stereocenters. The van der Waals surface area contributed by atoms with Crippen LogP contribution in [0.4, 0.5) is 0 Å². The molecule has 0 saturated carbocycles. The van der Waals surface area contributed by atoms with Gasteiger partial charge < -0.3 is 9.47 Å². The van der Waals surface area contributed by atoms with Crippen LogP contribution in [0.15, 0.2) is 109 Å². The summed E-state index contributed by atoms with van der Waals surface area (Å²) in [5.41, 5.74) is 8.06. The molecule has 0 bridgehead atoms. The van der Waals surface area contributed by atoms with Gasteiger partial charge in [-0.15, -0.1) is 0 Å². The number of aromatic nitrogens is 1. The fraction of sp³-hybridized carbons (Fsp3) is 0. The topological polar surface area (TPSA) is 31.4 Å². The number of hydrogen-bond acceptors (Lipinski definition) is 3. The molecule has 7 rings (SSSR count). The summed E-state index contributed by atoms with van der Waals surface area (Å²) in [5.74, 6) is 3.50. The van der Waals surface area contributed by atoms with E-state index in [9.17, 15) is 0 Å². The van der Waals surface area contributed by atoms with Gasteiger partial charge in [-0.2, -0.15) is 0 Å². The van der Waals surface area contributed by atoms with Crippen molar-refractivity contribution < 1.29 is 9.47 Å². The third-order valence-corrected chi connectivity index (χ3v) is 6.52. The summed E-state index contributed by atoms with van der Waals surface area (Å²) in [6, 6.07) is 33.5. The van der Waals surface area contributed by atoms with Crippen molar-refractivity contribution in [1.29, 1.82) is 0 Å². The minimum Gasteiger partial charge on any atom is -0.458 e. The average molecular weight is 423 g/mol. The van der Waals surface area contributed by atoms with Gasteiger partial charge in [0.05, 0.1) is 0 Å². The number of fused-ring (bicyclic) bond motifs is 4. The molecule has 0 radical (unpaired) electrons. The molecule has 3 heterocycles. The molecule has 33 heavy (non-hydrogen) atoms. The second kappa shape index (κ2) is 7.11. The number of pyridine rings is 1. The molecule has 0 N–H and O–H groups in total. The van der Waals surface area contributed by atoms with Crippen molar-refractivity contribution in [1.82, 2.24) is 4.98 Å². The molecule has 0 amide bonds. The van der Waals surface area contributed by atoms with E-state index in [0.717, 1.165) is 50.5 Å². The first-order valence-electron chi connectivity index (χ1n) is 11.1. The molecule has 2 aliphatic heterocycles. The largest absolute Gasteiger partial charge is 0.458 e. The molecule has 0 unspecified atom stereocenters. The van der Waals surface area contributed by atoms with Crippen LogP contribution in [-0.4, -0.2) is 11.7 Å². The second-order valence-corrected chi connectivity index (χ2v) is 8.41. The summed E-state index contributed by atoms with van der Waals surface area (Å²) in [7, 11) is 0. The number of benzene rings is 4. The zero-order valence-corrected chi connectivity index (χ0v) is 17.7. The highest BCUT2D eigenvalue weighted by atomic mass is 16.5. The Hall–Kier alpha value is -4.31. The van der Waals surface area contributed by atoms with Gasteiger partial charge in [-0.1, -0.05) is 60.7 Å². The van der Waals surface area contributed by atoms with E-state index >= 15 is 0 Å². The lowest BCUT2D eigenvalue weighted by Gasteiger charge is -2.33. The molecule has 0 fully saturated rings. The monoisotopic (exact) mass is 423 g/mol. The van der Waals surface area contributed by atoms with E-state index in [4.69, 9.17) is 9.47 Å². The van der Waals surface area contributed by atoms with Gasteiger partial charge in [0.2, 0.25) is 0 Å². The smallest absolute Gasteiger partial charge is 0.260 e. The van der Waals surface area contributed by atoms with Crippen LogP contribution in [0, 0.1) is 0 Å². The van der Waals surface area contributed by atoms with Gasteiger partial charge in [0.1, 0.15) is 23.0 Å². The highest BCUT2D eigenvalue weighted by Gasteiger charge is 2.40. The Labute approximate surface area is 192 Å². The minimum atomic E-state index is 0.0362. The van der Waals surface area contributed by atoms with Crippen LogP contribution in [-0.2, 0) is 0 Å². The van der Waals surface area contributed by atoms with Gasteiger partial charge in [-0.3, -0.25) is 4.98 Å². The zero-order valence-electron chi connectivity index (χ0n) is 17.7. The molecule has 5 aromatic rings. The number of hydrogen-bond donors (Lipinski definition) is 0. The summed E-state index contributed by atoms with van der Waals surface area (Å²) < 4.78 is 12.7. The van der Waals surface area contributed by atoms with Crippen molar-refractivity contribution >= 4 is 23.1 Å². The van der Waals surface area contributed by atoms with Crippen LogP contribution in [0.5, 0.6) is 23.0 Å². The summed E-state index contributed by atoms with van der Waals surface area (Å²) in [6.07, 6.45) is 3.66. The first-order chi connectivity index (χ1) is 16.3. The molecule has 0 saturated heterocycles.